The SMILES string of the molecule is C[C@@H]1C2[C@H]3CC[C@@H]4[C@H](CC[C@]5(C)[C@@H](C(=O)Cn6cc(C#N)cn6)CC[C@@H]45)[C@H]3CC[C@@]21O. The summed E-state index contributed by atoms with van der Waals surface area (Å²) >= 11 is 0. The molecule has 1 N–H and O–H groups in total. The molecule has 0 amide bonds. The highest BCUT2D eigenvalue weighted by molar-refractivity contribution is 5.82. The van der Waals surface area contributed by atoms with E-state index in [-0.39, 0.29) is 16.9 Å². The summed E-state index contributed by atoms with van der Waals surface area (Å²) in [5.74, 6) is 5.31. The van der Waals surface area contributed by atoms with Gasteiger partial charge in [0.1, 0.15) is 6.07 Å². The van der Waals surface area contributed by atoms with E-state index in [0.29, 0.717) is 35.6 Å². The number of Topliss-reactive ketones (excluding diaryl/α,β-unsaturated/α-hetero) is 1. The summed E-state index contributed by atoms with van der Waals surface area (Å²) < 4.78 is 1.65. The Morgan fingerprint density at radius 1 is 1.16 bits per heavy atom. The first-order valence-electron chi connectivity index (χ1n) is 12.5. The zero-order valence-corrected chi connectivity index (χ0v) is 18.8. The molecule has 5 aliphatic rings. The van der Waals surface area contributed by atoms with Crippen LogP contribution < -0.4 is 0 Å². The Labute approximate surface area is 185 Å². The quantitative estimate of drug-likeness (QED) is 0.793. The average molecular weight is 422 g/mol. The van der Waals surface area contributed by atoms with Crippen molar-refractivity contribution in [1.82, 2.24) is 9.78 Å². The number of hydrogen-bond acceptors (Lipinski definition) is 4. The van der Waals surface area contributed by atoms with Crippen LogP contribution in [-0.2, 0) is 11.3 Å². The highest BCUT2D eigenvalue weighted by Gasteiger charge is 2.69. The van der Waals surface area contributed by atoms with Crippen LogP contribution >= 0.6 is 0 Å². The van der Waals surface area contributed by atoms with Crippen molar-refractivity contribution in [2.75, 3.05) is 0 Å². The number of ketones is 1. The Bertz CT molecular complexity index is 949. The van der Waals surface area contributed by atoms with Gasteiger partial charge < -0.3 is 5.11 Å². The smallest absolute Gasteiger partial charge is 0.157 e. The summed E-state index contributed by atoms with van der Waals surface area (Å²) in [4.78, 5) is 13.3. The molecule has 166 valence electrons. The van der Waals surface area contributed by atoms with Gasteiger partial charge in [-0.1, -0.05) is 13.8 Å². The van der Waals surface area contributed by atoms with Gasteiger partial charge in [0.25, 0.3) is 0 Å². The molecule has 5 fully saturated rings. The lowest BCUT2D eigenvalue weighted by atomic mass is 9.49. The van der Waals surface area contributed by atoms with E-state index in [4.69, 9.17) is 5.26 Å². The van der Waals surface area contributed by atoms with Crippen molar-refractivity contribution >= 4 is 5.78 Å². The second kappa shape index (κ2) is 6.67. The highest BCUT2D eigenvalue weighted by atomic mass is 16.3. The van der Waals surface area contributed by atoms with Crippen molar-refractivity contribution < 1.29 is 9.90 Å². The maximum atomic E-state index is 13.3. The molecule has 1 aromatic rings. The summed E-state index contributed by atoms with van der Waals surface area (Å²) in [6.45, 7) is 4.97. The third-order valence-electron chi connectivity index (χ3n) is 11.0. The summed E-state index contributed by atoms with van der Waals surface area (Å²) in [5.41, 5.74) is 0.309. The van der Waals surface area contributed by atoms with Gasteiger partial charge in [0.05, 0.1) is 23.9 Å². The Hall–Kier alpha value is -1.67. The van der Waals surface area contributed by atoms with Crippen molar-refractivity contribution in [3.05, 3.63) is 18.0 Å². The van der Waals surface area contributed by atoms with Gasteiger partial charge >= 0.3 is 0 Å². The van der Waals surface area contributed by atoms with Crippen LogP contribution in [0.25, 0.3) is 0 Å². The zero-order chi connectivity index (χ0) is 21.5. The van der Waals surface area contributed by atoms with E-state index < -0.39 is 0 Å². The topological polar surface area (TPSA) is 78.9 Å². The monoisotopic (exact) mass is 421 g/mol. The molecule has 10 atom stereocenters. The Kier molecular flexibility index (Phi) is 4.30. The molecule has 0 spiro atoms. The lowest BCUT2D eigenvalue weighted by molar-refractivity contribution is -0.131. The van der Waals surface area contributed by atoms with E-state index in [2.05, 4.69) is 25.0 Å². The minimum absolute atomic E-state index is 0.124. The fraction of sp³-hybridized carbons (Fsp3) is 0.808. The van der Waals surface area contributed by atoms with Crippen LogP contribution in [0.3, 0.4) is 0 Å². The molecule has 0 saturated heterocycles. The van der Waals surface area contributed by atoms with Gasteiger partial charge in [0.15, 0.2) is 5.78 Å². The predicted molar refractivity (Wildman–Crippen MR) is 116 cm³/mol. The summed E-state index contributed by atoms with van der Waals surface area (Å²) in [7, 11) is 0. The second-order valence-electron chi connectivity index (χ2n) is 11.9. The number of aliphatic hydroxyl groups is 1. The van der Waals surface area contributed by atoms with Crippen molar-refractivity contribution in [2.45, 2.75) is 77.4 Å². The minimum Gasteiger partial charge on any atom is -0.389 e. The number of carbonyl (C=O) groups is 1. The Morgan fingerprint density at radius 2 is 1.90 bits per heavy atom. The van der Waals surface area contributed by atoms with Gasteiger partial charge in [0.2, 0.25) is 0 Å². The number of nitriles is 1. The van der Waals surface area contributed by atoms with E-state index in [9.17, 15) is 9.90 Å². The van der Waals surface area contributed by atoms with Crippen LogP contribution in [0.2, 0.25) is 0 Å². The van der Waals surface area contributed by atoms with Gasteiger partial charge in [-0.15, -0.1) is 0 Å². The number of hydrogen-bond donors (Lipinski definition) is 1. The standard InChI is InChI=1S/C26H35N3O2/c1-15-24-20-4-3-19-17(18(20)8-10-26(15,24)31)7-9-25(2)21(19)5-6-22(25)23(30)14-29-13-16(11-27)12-28-29/h12-13,15,17-22,24,31H,3-10,14H2,1-2H3/t15-,17-,18-,19-,20+,21+,22-,24?,25+,26+/m1/s1. The third-order valence-corrected chi connectivity index (χ3v) is 11.0. The second-order valence-corrected chi connectivity index (χ2v) is 11.9. The number of rotatable bonds is 3. The molecule has 31 heavy (non-hydrogen) atoms. The molecule has 1 unspecified atom stereocenters. The molecule has 1 aromatic heterocycles. The van der Waals surface area contributed by atoms with Crippen molar-refractivity contribution in [2.24, 2.45) is 52.8 Å². The number of carbonyl (C=O) groups excluding carboxylic acids is 1. The summed E-state index contributed by atoms with van der Waals surface area (Å²) in [6, 6.07) is 2.10. The van der Waals surface area contributed by atoms with Gasteiger partial charge in [0, 0.05) is 12.1 Å². The molecular formula is C26H35N3O2. The van der Waals surface area contributed by atoms with Crippen LogP contribution in [0.4, 0.5) is 0 Å². The largest absolute Gasteiger partial charge is 0.389 e. The first-order chi connectivity index (χ1) is 14.9. The molecule has 1 heterocycles. The molecule has 6 rings (SSSR count). The predicted octanol–water partition coefficient (Wildman–Crippen LogP) is 4.20. The van der Waals surface area contributed by atoms with E-state index in [1.807, 2.05) is 0 Å². The van der Waals surface area contributed by atoms with Crippen LogP contribution in [-0.4, -0.2) is 26.3 Å². The fourth-order valence-electron chi connectivity index (χ4n) is 9.54. The van der Waals surface area contributed by atoms with Crippen LogP contribution in [0.15, 0.2) is 12.4 Å². The lowest BCUT2D eigenvalue weighted by Gasteiger charge is -2.56. The van der Waals surface area contributed by atoms with Gasteiger partial charge in [-0.25, -0.2) is 0 Å². The molecular weight excluding hydrogens is 386 g/mol. The molecule has 5 saturated carbocycles. The molecule has 0 bridgehead atoms. The fourth-order valence-corrected chi connectivity index (χ4v) is 9.54. The third kappa shape index (κ3) is 2.70. The number of aromatic nitrogens is 2. The maximum Gasteiger partial charge on any atom is 0.157 e. The highest BCUT2D eigenvalue weighted by Crippen LogP contribution is 2.70. The van der Waals surface area contributed by atoms with Crippen molar-refractivity contribution in [1.29, 1.82) is 5.26 Å². The first kappa shape index (κ1) is 20.0. The van der Waals surface area contributed by atoms with Crippen molar-refractivity contribution in [3.63, 3.8) is 0 Å². The molecule has 5 heteroatoms. The maximum absolute atomic E-state index is 13.3. The normalized spacial score (nSPS) is 49.9. The molecule has 0 aliphatic heterocycles. The van der Waals surface area contributed by atoms with Crippen LogP contribution in [0.5, 0.6) is 0 Å². The molecule has 5 aliphatic carbocycles. The number of fused-ring (bicyclic) bond motifs is 7. The Morgan fingerprint density at radius 3 is 2.68 bits per heavy atom. The minimum atomic E-state index is -0.333. The molecule has 5 nitrogen and oxygen atoms in total. The lowest BCUT2D eigenvalue weighted by Crippen LogP contribution is -2.50. The van der Waals surface area contributed by atoms with E-state index in [1.165, 1.54) is 38.5 Å². The first-order valence-corrected chi connectivity index (χ1v) is 12.5. The Balaban J connectivity index is 1.19. The average Bonchev–Trinajstić information content (AvgIpc) is 3.08. The van der Waals surface area contributed by atoms with E-state index in [1.54, 1.807) is 17.1 Å². The summed E-state index contributed by atoms with van der Waals surface area (Å²) in [5, 5.41) is 24.2. The van der Waals surface area contributed by atoms with Gasteiger partial charge in [-0.2, -0.15) is 10.4 Å². The van der Waals surface area contributed by atoms with Gasteiger partial charge in [-0.3, -0.25) is 9.48 Å². The molecule has 0 radical (unpaired) electrons. The zero-order valence-electron chi connectivity index (χ0n) is 18.8. The summed E-state index contributed by atoms with van der Waals surface area (Å²) in [6.07, 6.45) is 12.7. The number of nitrogens with zero attached hydrogens (tertiary/aromatic N) is 3. The van der Waals surface area contributed by atoms with E-state index >= 15 is 0 Å². The van der Waals surface area contributed by atoms with Crippen molar-refractivity contribution in [3.8, 4) is 6.07 Å². The van der Waals surface area contributed by atoms with E-state index in [0.717, 1.165) is 36.5 Å². The van der Waals surface area contributed by atoms with Crippen LogP contribution in [0, 0.1) is 64.1 Å². The van der Waals surface area contributed by atoms with Crippen LogP contribution in [0.1, 0.15) is 70.8 Å². The molecule has 0 aromatic carbocycles. The van der Waals surface area contributed by atoms with Gasteiger partial charge in [-0.05, 0) is 98.2 Å².